The smallest absolute Gasteiger partial charge is 0.307 e. The quantitative estimate of drug-likeness (QED) is 0.902. The maximum atomic E-state index is 12.4. The second kappa shape index (κ2) is 4.88. The molecule has 0 radical (unpaired) electrons. The number of rotatable bonds is 2. The molecule has 1 amide bonds. The number of hydrogen-bond donors (Lipinski definition) is 1. The van der Waals surface area contributed by atoms with Gasteiger partial charge in [0, 0.05) is 23.1 Å². The maximum absolute atomic E-state index is 12.4. The number of carbonyl (C=O) groups excluding carboxylic acids is 1. The fraction of sp³-hybridized carbons (Fsp3) is 0.467. The number of piperidine rings is 1. The van der Waals surface area contributed by atoms with Gasteiger partial charge >= 0.3 is 5.97 Å². The van der Waals surface area contributed by atoms with Gasteiger partial charge in [-0.05, 0) is 42.9 Å². The lowest BCUT2D eigenvalue weighted by molar-refractivity contribution is -0.139. The van der Waals surface area contributed by atoms with E-state index in [4.69, 9.17) is 5.11 Å². The standard InChI is InChI=1S/C15H16BrNO3/c16-11-3-1-2-10(8-11)13(18)17-6-4-15(5-7-17)9-12(15)14(19)20/h1-3,8,12H,4-7,9H2,(H,19,20). The van der Waals surface area contributed by atoms with Crippen molar-refractivity contribution in [1.29, 1.82) is 0 Å². The summed E-state index contributed by atoms with van der Waals surface area (Å²) >= 11 is 3.37. The molecule has 3 rings (SSSR count). The summed E-state index contributed by atoms with van der Waals surface area (Å²) in [4.78, 5) is 25.2. The van der Waals surface area contributed by atoms with Crippen LogP contribution in [-0.4, -0.2) is 35.0 Å². The number of halogens is 1. The van der Waals surface area contributed by atoms with Crippen LogP contribution in [0.2, 0.25) is 0 Å². The van der Waals surface area contributed by atoms with Crippen LogP contribution in [0.25, 0.3) is 0 Å². The molecule has 0 bridgehead atoms. The molecule has 1 heterocycles. The predicted octanol–water partition coefficient (Wildman–Crippen LogP) is 2.78. The Morgan fingerprint density at radius 2 is 2.00 bits per heavy atom. The van der Waals surface area contributed by atoms with Crippen molar-refractivity contribution in [2.75, 3.05) is 13.1 Å². The summed E-state index contributed by atoms with van der Waals surface area (Å²) in [5.41, 5.74) is 0.654. The second-order valence-electron chi connectivity index (χ2n) is 5.76. The summed E-state index contributed by atoms with van der Waals surface area (Å²) < 4.78 is 0.893. The van der Waals surface area contributed by atoms with Crippen LogP contribution in [0.4, 0.5) is 0 Å². The average molecular weight is 338 g/mol. The molecule has 1 N–H and O–H groups in total. The summed E-state index contributed by atoms with van der Waals surface area (Å²) in [6, 6.07) is 7.38. The predicted molar refractivity (Wildman–Crippen MR) is 77.5 cm³/mol. The molecule has 1 aliphatic heterocycles. The number of hydrogen-bond acceptors (Lipinski definition) is 2. The van der Waals surface area contributed by atoms with Gasteiger partial charge < -0.3 is 10.0 Å². The Balaban J connectivity index is 1.64. The number of nitrogens with zero attached hydrogens (tertiary/aromatic N) is 1. The van der Waals surface area contributed by atoms with E-state index in [1.165, 1.54) is 0 Å². The number of amides is 1. The van der Waals surface area contributed by atoms with Gasteiger partial charge in [-0.15, -0.1) is 0 Å². The molecular weight excluding hydrogens is 322 g/mol. The molecule has 1 unspecified atom stereocenters. The lowest BCUT2D eigenvalue weighted by atomic mass is 9.90. The number of carbonyl (C=O) groups is 2. The summed E-state index contributed by atoms with van der Waals surface area (Å²) in [5, 5.41) is 9.07. The van der Waals surface area contributed by atoms with Crippen molar-refractivity contribution in [1.82, 2.24) is 4.90 Å². The first-order chi connectivity index (χ1) is 9.52. The molecule has 1 aromatic rings. The van der Waals surface area contributed by atoms with E-state index >= 15 is 0 Å². The van der Waals surface area contributed by atoms with E-state index in [9.17, 15) is 9.59 Å². The van der Waals surface area contributed by atoms with E-state index in [0.717, 1.165) is 23.7 Å². The van der Waals surface area contributed by atoms with Crippen LogP contribution in [0.15, 0.2) is 28.7 Å². The monoisotopic (exact) mass is 337 g/mol. The van der Waals surface area contributed by atoms with Crippen LogP contribution in [0.1, 0.15) is 29.6 Å². The highest BCUT2D eigenvalue weighted by Gasteiger charge is 2.59. The number of aliphatic carboxylic acids is 1. The molecule has 5 heteroatoms. The topological polar surface area (TPSA) is 57.6 Å². The zero-order valence-electron chi connectivity index (χ0n) is 11.0. The molecule has 0 aromatic heterocycles. The second-order valence-corrected chi connectivity index (χ2v) is 6.68. The third-order valence-corrected chi connectivity index (χ3v) is 5.10. The van der Waals surface area contributed by atoms with E-state index in [0.29, 0.717) is 18.7 Å². The molecule has 1 spiro atoms. The molecule has 4 nitrogen and oxygen atoms in total. The summed E-state index contributed by atoms with van der Waals surface area (Å²) in [6.07, 6.45) is 2.40. The highest BCUT2D eigenvalue weighted by Crippen LogP contribution is 2.59. The maximum Gasteiger partial charge on any atom is 0.307 e. The SMILES string of the molecule is O=C(O)C1CC12CCN(C(=O)c1cccc(Br)c1)CC2. The summed E-state index contributed by atoms with van der Waals surface area (Å²) in [7, 11) is 0. The average Bonchev–Trinajstić information content (AvgIpc) is 3.13. The van der Waals surface area contributed by atoms with E-state index in [1.54, 1.807) is 0 Å². The minimum absolute atomic E-state index is 0.0279. The molecule has 1 aromatic carbocycles. The van der Waals surface area contributed by atoms with Crippen LogP contribution in [0, 0.1) is 11.3 Å². The van der Waals surface area contributed by atoms with Gasteiger partial charge in [0.05, 0.1) is 5.92 Å². The van der Waals surface area contributed by atoms with Gasteiger partial charge in [-0.3, -0.25) is 9.59 Å². The van der Waals surface area contributed by atoms with E-state index in [2.05, 4.69) is 15.9 Å². The first kappa shape index (κ1) is 13.6. The zero-order valence-corrected chi connectivity index (χ0v) is 12.6. The van der Waals surface area contributed by atoms with Crippen molar-refractivity contribution in [3.05, 3.63) is 34.3 Å². The van der Waals surface area contributed by atoms with Crippen LogP contribution < -0.4 is 0 Å². The minimum atomic E-state index is -0.684. The fourth-order valence-electron chi connectivity index (χ4n) is 3.21. The van der Waals surface area contributed by atoms with Crippen molar-refractivity contribution in [3.63, 3.8) is 0 Å². The van der Waals surface area contributed by atoms with Crippen LogP contribution in [-0.2, 0) is 4.79 Å². The van der Waals surface area contributed by atoms with Crippen LogP contribution >= 0.6 is 15.9 Å². The largest absolute Gasteiger partial charge is 0.481 e. The molecular formula is C15H16BrNO3. The van der Waals surface area contributed by atoms with Crippen molar-refractivity contribution < 1.29 is 14.7 Å². The molecule has 1 saturated carbocycles. The Morgan fingerprint density at radius 3 is 2.55 bits per heavy atom. The Labute approximate surface area is 125 Å². The van der Waals surface area contributed by atoms with E-state index in [1.807, 2.05) is 29.2 Å². The van der Waals surface area contributed by atoms with Gasteiger partial charge in [0.2, 0.25) is 0 Å². The first-order valence-corrected chi connectivity index (χ1v) is 7.59. The van der Waals surface area contributed by atoms with Crippen LogP contribution in [0.3, 0.4) is 0 Å². The van der Waals surface area contributed by atoms with Gasteiger partial charge in [0.15, 0.2) is 0 Å². The van der Waals surface area contributed by atoms with Crippen LogP contribution in [0.5, 0.6) is 0 Å². The molecule has 1 atom stereocenters. The molecule has 1 saturated heterocycles. The van der Waals surface area contributed by atoms with Crippen molar-refractivity contribution in [2.45, 2.75) is 19.3 Å². The number of likely N-dealkylation sites (tertiary alicyclic amines) is 1. The molecule has 106 valence electrons. The molecule has 1 aliphatic carbocycles. The van der Waals surface area contributed by atoms with Gasteiger partial charge in [0.25, 0.3) is 5.91 Å². The van der Waals surface area contributed by atoms with Gasteiger partial charge in [0.1, 0.15) is 0 Å². The van der Waals surface area contributed by atoms with Gasteiger partial charge in [-0.1, -0.05) is 22.0 Å². The van der Waals surface area contributed by atoms with Crippen molar-refractivity contribution >= 4 is 27.8 Å². The lowest BCUT2D eigenvalue weighted by Crippen LogP contribution is -2.40. The Hall–Kier alpha value is -1.36. The highest BCUT2D eigenvalue weighted by molar-refractivity contribution is 9.10. The van der Waals surface area contributed by atoms with Gasteiger partial charge in [-0.25, -0.2) is 0 Å². The summed E-state index contributed by atoms with van der Waals surface area (Å²) in [6.45, 7) is 1.32. The Bertz CT molecular complexity index is 564. The fourth-order valence-corrected chi connectivity index (χ4v) is 3.61. The molecule has 20 heavy (non-hydrogen) atoms. The summed E-state index contributed by atoms with van der Waals surface area (Å²) in [5.74, 6) is -0.837. The third kappa shape index (κ3) is 2.35. The Morgan fingerprint density at radius 1 is 1.30 bits per heavy atom. The number of carboxylic acids is 1. The third-order valence-electron chi connectivity index (χ3n) is 4.61. The zero-order chi connectivity index (χ0) is 14.3. The highest BCUT2D eigenvalue weighted by atomic mass is 79.9. The Kier molecular flexibility index (Phi) is 3.32. The number of benzene rings is 1. The molecule has 2 fully saturated rings. The van der Waals surface area contributed by atoms with Crippen molar-refractivity contribution in [2.24, 2.45) is 11.3 Å². The first-order valence-electron chi connectivity index (χ1n) is 6.79. The lowest BCUT2D eigenvalue weighted by Gasteiger charge is -2.32. The van der Waals surface area contributed by atoms with Gasteiger partial charge in [-0.2, -0.15) is 0 Å². The minimum Gasteiger partial charge on any atom is -0.481 e. The van der Waals surface area contributed by atoms with E-state index in [-0.39, 0.29) is 17.2 Å². The van der Waals surface area contributed by atoms with Crippen molar-refractivity contribution in [3.8, 4) is 0 Å². The molecule has 2 aliphatic rings. The normalized spacial score (nSPS) is 23.6. The van der Waals surface area contributed by atoms with E-state index < -0.39 is 5.97 Å². The number of carboxylic acid groups (broad SMARTS) is 1.